The van der Waals surface area contributed by atoms with E-state index in [-0.39, 0.29) is 23.6 Å². The summed E-state index contributed by atoms with van der Waals surface area (Å²) in [6, 6.07) is 4.43. The molecule has 6 nitrogen and oxygen atoms in total. The summed E-state index contributed by atoms with van der Waals surface area (Å²) in [6.45, 7) is 2.90. The van der Waals surface area contributed by atoms with Crippen LogP contribution >= 0.6 is 0 Å². The van der Waals surface area contributed by atoms with Crippen molar-refractivity contribution in [3.05, 3.63) is 50.9 Å². The van der Waals surface area contributed by atoms with Crippen molar-refractivity contribution in [3.63, 3.8) is 0 Å². The Morgan fingerprint density at radius 2 is 2.04 bits per heavy atom. The molecule has 0 bridgehead atoms. The van der Waals surface area contributed by atoms with Gasteiger partial charge in [0.1, 0.15) is 0 Å². The van der Waals surface area contributed by atoms with Gasteiger partial charge in [0.2, 0.25) is 0 Å². The third-order valence-electron chi connectivity index (χ3n) is 3.75. The topological polar surface area (TPSA) is 73.6 Å². The molecule has 1 N–H and O–H groups in total. The maximum Gasteiger partial charge on any atom is 0.586 e. The van der Waals surface area contributed by atoms with Gasteiger partial charge in [-0.2, -0.15) is 5.10 Å². The summed E-state index contributed by atoms with van der Waals surface area (Å²) in [7, 11) is 0. The molecule has 1 aromatic carbocycles. The van der Waals surface area contributed by atoms with Gasteiger partial charge in [-0.05, 0) is 25.5 Å². The van der Waals surface area contributed by atoms with Crippen molar-refractivity contribution in [2.24, 2.45) is 0 Å². The predicted molar refractivity (Wildman–Crippen MR) is 75.6 cm³/mol. The summed E-state index contributed by atoms with van der Waals surface area (Å²) < 4.78 is 36.4. The molecule has 0 saturated carbocycles. The molecule has 0 atom stereocenters. The lowest BCUT2D eigenvalue weighted by atomic mass is 10.1. The third kappa shape index (κ3) is 2.65. The van der Waals surface area contributed by atoms with Gasteiger partial charge < -0.3 is 14.6 Å². The van der Waals surface area contributed by atoms with Gasteiger partial charge in [0, 0.05) is 11.1 Å². The number of aryl methyl sites for hydroxylation is 1. The molecular weight excluding hydrogens is 310 g/mol. The van der Waals surface area contributed by atoms with E-state index in [2.05, 4.69) is 14.6 Å². The monoisotopic (exact) mass is 324 g/mol. The number of para-hydroxylation sites is 1. The molecule has 0 spiro atoms. The zero-order valence-electron chi connectivity index (χ0n) is 12.5. The molecule has 0 saturated heterocycles. The van der Waals surface area contributed by atoms with E-state index in [1.807, 2.05) is 0 Å². The number of hydrogen-bond donors (Lipinski definition) is 1. The highest BCUT2D eigenvalue weighted by atomic mass is 19.3. The van der Waals surface area contributed by atoms with Gasteiger partial charge >= 0.3 is 6.29 Å². The fourth-order valence-corrected chi connectivity index (χ4v) is 2.44. The summed E-state index contributed by atoms with van der Waals surface area (Å²) in [5.74, 6) is -0.207. The van der Waals surface area contributed by atoms with Crippen LogP contribution in [0.4, 0.5) is 8.78 Å². The zero-order chi connectivity index (χ0) is 16.8. The minimum absolute atomic E-state index is 0.0738. The molecule has 0 fully saturated rings. The second kappa shape index (κ2) is 5.31. The highest BCUT2D eigenvalue weighted by Crippen LogP contribution is 2.43. The highest BCUT2D eigenvalue weighted by Gasteiger charge is 2.44. The van der Waals surface area contributed by atoms with Gasteiger partial charge in [0.15, 0.2) is 11.5 Å². The number of hydrogen-bond acceptors (Lipinski definition) is 5. The van der Waals surface area contributed by atoms with E-state index in [1.165, 1.54) is 12.1 Å². The third-order valence-corrected chi connectivity index (χ3v) is 3.75. The Kier molecular flexibility index (Phi) is 3.56. The molecule has 1 aromatic heterocycles. The number of nitrogens with zero attached hydrogens (tertiary/aromatic N) is 2. The first-order valence-electron chi connectivity index (χ1n) is 6.88. The maximum atomic E-state index is 13.2. The van der Waals surface area contributed by atoms with Crippen LogP contribution in [0.3, 0.4) is 0 Å². The minimum Gasteiger partial charge on any atom is -0.395 e. The number of benzene rings is 1. The highest BCUT2D eigenvalue weighted by molar-refractivity contribution is 5.48. The first-order valence-corrected chi connectivity index (χ1v) is 6.88. The van der Waals surface area contributed by atoms with Crippen LogP contribution in [0.5, 0.6) is 11.5 Å². The number of alkyl halides is 2. The van der Waals surface area contributed by atoms with Gasteiger partial charge in [-0.25, -0.2) is 4.68 Å². The van der Waals surface area contributed by atoms with Crippen LogP contribution in [-0.4, -0.2) is 21.2 Å². The van der Waals surface area contributed by atoms with Gasteiger partial charge in [0.25, 0.3) is 5.56 Å². The smallest absolute Gasteiger partial charge is 0.395 e. The largest absolute Gasteiger partial charge is 0.586 e. The molecule has 1 aliphatic heterocycles. The number of fused-ring (bicyclic) bond motifs is 1. The Hall–Kier alpha value is -2.48. The second-order valence-corrected chi connectivity index (χ2v) is 5.22. The molecular formula is C15H14F2N2O4. The van der Waals surface area contributed by atoms with E-state index in [0.717, 1.165) is 4.68 Å². The second-order valence-electron chi connectivity index (χ2n) is 5.22. The number of ether oxygens (including phenoxy) is 2. The first-order chi connectivity index (χ1) is 10.8. The molecule has 0 unspecified atom stereocenters. The summed E-state index contributed by atoms with van der Waals surface area (Å²) in [4.78, 5) is 12.3. The standard InChI is InChI=1S/C15H14F2N2O4/c1-8-9(2)18-19(14(21)11(8)7-20)6-10-4-3-5-12-13(10)23-15(16,17)22-12/h3-5,20H,6-7H2,1-2H3. The van der Waals surface area contributed by atoms with Crippen molar-refractivity contribution in [1.29, 1.82) is 0 Å². The van der Waals surface area contributed by atoms with E-state index in [0.29, 0.717) is 16.8 Å². The number of aliphatic hydroxyl groups is 1. The zero-order valence-corrected chi connectivity index (χ0v) is 12.5. The number of halogens is 2. The quantitative estimate of drug-likeness (QED) is 0.931. The van der Waals surface area contributed by atoms with E-state index < -0.39 is 18.5 Å². The van der Waals surface area contributed by atoms with Crippen LogP contribution in [0.2, 0.25) is 0 Å². The van der Waals surface area contributed by atoms with Crippen LogP contribution in [0.25, 0.3) is 0 Å². The molecule has 2 aromatic rings. The van der Waals surface area contributed by atoms with Crippen molar-refractivity contribution in [3.8, 4) is 11.5 Å². The average molecular weight is 324 g/mol. The van der Waals surface area contributed by atoms with E-state index in [4.69, 9.17) is 0 Å². The predicted octanol–water partition coefficient (Wildman–Crippen LogP) is 1.72. The van der Waals surface area contributed by atoms with E-state index >= 15 is 0 Å². The molecule has 0 amide bonds. The lowest BCUT2D eigenvalue weighted by Gasteiger charge is -2.12. The number of aromatic nitrogens is 2. The fraction of sp³-hybridized carbons (Fsp3) is 0.333. The van der Waals surface area contributed by atoms with Crippen molar-refractivity contribution in [1.82, 2.24) is 9.78 Å². The Labute approximate surface area is 129 Å². The van der Waals surface area contributed by atoms with Gasteiger partial charge in [-0.1, -0.05) is 12.1 Å². The van der Waals surface area contributed by atoms with Crippen LogP contribution < -0.4 is 15.0 Å². The summed E-state index contributed by atoms with van der Waals surface area (Å²) in [5, 5.41) is 13.5. The van der Waals surface area contributed by atoms with Crippen molar-refractivity contribution in [2.45, 2.75) is 33.3 Å². The molecule has 0 radical (unpaired) electrons. The minimum atomic E-state index is -3.73. The van der Waals surface area contributed by atoms with E-state index in [1.54, 1.807) is 19.9 Å². The Morgan fingerprint density at radius 1 is 1.30 bits per heavy atom. The Balaban J connectivity index is 2.04. The molecule has 3 rings (SSSR count). The van der Waals surface area contributed by atoms with Crippen LogP contribution in [0.15, 0.2) is 23.0 Å². The molecule has 23 heavy (non-hydrogen) atoms. The van der Waals surface area contributed by atoms with Crippen molar-refractivity contribution in [2.75, 3.05) is 0 Å². The Bertz CT molecular complexity index is 833. The van der Waals surface area contributed by atoms with Crippen molar-refractivity contribution < 1.29 is 23.4 Å². The van der Waals surface area contributed by atoms with Crippen LogP contribution in [0, 0.1) is 13.8 Å². The first kappa shape index (κ1) is 15.4. The molecule has 122 valence electrons. The molecule has 1 aliphatic rings. The number of rotatable bonds is 3. The molecule has 2 heterocycles. The van der Waals surface area contributed by atoms with E-state index in [9.17, 15) is 18.7 Å². The lowest BCUT2D eigenvalue weighted by Crippen LogP contribution is -2.29. The number of aliphatic hydroxyl groups excluding tert-OH is 1. The fourth-order valence-electron chi connectivity index (χ4n) is 2.44. The summed E-state index contributed by atoms with van der Waals surface area (Å²) >= 11 is 0. The summed E-state index contributed by atoms with van der Waals surface area (Å²) in [6.07, 6.45) is -3.73. The van der Waals surface area contributed by atoms with Crippen LogP contribution in [0.1, 0.15) is 22.4 Å². The maximum absolute atomic E-state index is 13.2. The van der Waals surface area contributed by atoms with Gasteiger partial charge in [0.05, 0.1) is 18.8 Å². The lowest BCUT2D eigenvalue weighted by molar-refractivity contribution is -0.286. The SMILES string of the molecule is Cc1nn(Cc2cccc3c2OC(F)(F)O3)c(=O)c(CO)c1C. The van der Waals surface area contributed by atoms with Crippen molar-refractivity contribution >= 4 is 0 Å². The average Bonchev–Trinajstić information content (AvgIpc) is 2.80. The molecule has 0 aliphatic carbocycles. The normalized spacial score (nSPS) is 15.0. The van der Waals surface area contributed by atoms with Gasteiger partial charge in [-0.3, -0.25) is 4.79 Å². The van der Waals surface area contributed by atoms with Gasteiger partial charge in [-0.15, -0.1) is 8.78 Å². The summed E-state index contributed by atoms with van der Waals surface area (Å²) in [5.41, 5.74) is 1.27. The van der Waals surface area contributed by atoms with Crippen LogP contribution in [-0.2, 0) is 13.2 Å². The Morgan fingerprint density at radius 3 is 2.74 bits per heavy atom. The molecule has 8 heteroatoms.